The number of ether oxygens (including phenoxy) is 1. The maximum absolute atomic E-state index is 12.0. The Kier molecular flexibility index (Phi) is 5.58. The van der Waals surface area contributed by atoms with E-state index in [2.05, 4.69) is 15.9 Å². The smallest absolute Gasteiger partial charge is 0.263 e. The van der Waals surface area contributed by atoms with Gasteiger partial charge in [-0.1, -0.05) is 0 Å². The second-order valence-electron chi connectivity index (χ2n) is 3.86. The second-order valence-corrected chi connectivity index (χ2v) is 6.23. The van der Waals surface area contributed by atoms with Gasteiger partial charge in [0.15, 0.2) is 0 Å². The van der Waals surface area contributed by atoms with Crippen molar-refractivity contribution in [2.24, 2.45) is 0 Å². The largest absolute Gasteiger partial charge is 0.389 e. The molecule has 17 heavy (non-hydrogen) atoms. The number of aryl methyl sites for hydroxylation is 1. The van der Waals surface area contributed by atoms with Gasteiger partial charge in [0.25, 0.3) is 5.91 Å². The molecule has 1 aromatic heterocycles. The number of aliphatic hydroxyl groups excluding tert-OH is 1. The first-order chi connectivity index (χ1) is 7.95. The first-order valence-corrected chi connectivity index (χ1v) is 6.75. The lowest BCUT2D eigenvalue weighted by Crippen LogP contribution is -2.35. The van der Waals surface area contributed by atoms with Gasteiger partial charge in [-0.05, 0) is 34.5 Å². The summed E-state index contributed by atoms with van der Waals surface area (Å²) in [5.74, 6) is -0.0843. The number of rotatable bonds is 5. The summed E-state index contributed by atoms with van der Waals surface area (Å²) < 4.78 is 5.78. The molecule has 0 spiro atoms. The number of hydrogen-bond acceptors (Lipinski definition) is 4. The van der Waals surface area contributed by atoms with E-state index in [1.807, 2.05) is 13.0 Å². The zero-order valence-electron chi connectivity index (χ0n) is 10.1. The van der Waals surface area contributed by atoms with Crippen LogP contribution in [0.4, 0.5) is 0 Å². The highest BCUT2D eigenvalue weighted by Crippen LogP contribution is 2.28. The molecule has 0 saturated carbocycles. The number of aliphatic hydroxyl groups is 1. The molecule has 96 valence electrons. The molecule has 1 rings (SSSR count). The van der Waals surface area contributed by atoms with Gasteiger partial charge in [0.2, 0.25) is 0 Å². The standard InChI is InChI=1S/C11H16BrNO3S/c1-7-4-9(17-10(7)12)11(15)13(2)5-8(14)6-16-3/h4,8,14H,5-6H2,1-3H3. The molecule has 1 heterocycles. The fraction of sp³-hybridized carbons (Fsp3) is 0.545. The lowest BCUT2D eigenvalue weighted by Gasteiger charge is -2.19. The summed E-state index contributed by atoms with van der Waals surface area (Å²) in [5.41, 5.74) is 1.05. The molecule has 1 atom stereocenters. The molecular formula is C11H16BrNO3S. The van der Waals surface area contributed by atoms with Crippen molar-refractivity contribution in [1.29, 1.82) is 0 Å². The molecule has 1 amide bonds. The average Bonchev–Trinajstić information content (AvgIpc) is 2.58. The Morgan fingerprint density at radius 2 is 2.35 bits per heavy atom. The number of nitrogens with zero attached hydrogens (tertiary/aromatic N) is 1. The number of amides is 1. The molecule has 1 aromatic rings. The first kappa shape index (κ1) is 14.6. The van der Waals surface area contributed by atoms with Crippen LogP contribution in [0.25, 0.3) is 0 Å². The third kappa shape index (κ3) is 4.06. The predicted octanol–water partition coefficient (Wildman–Crippen LogP) is 1.90. The maximum atomic E-state index is 12.0. The van der Waals surface area contributed by atoms with Crippen LogP contribution in [0.5, 0.6) is 0 Å². The Labute approximate surface area is 113 Å². The Bertz CT molecular complexity index is 375. The molecule has 4 nitrogen and oxygen atoms in total. The van der Waals surface area contributed by atoms with Crippen LogP contribution in [0.3, 0.4) is 0 Å². The highest BCUT2D eigenvalue weighted by Gasteiger charge is 2.18. The molecule has 0 fully saturated rings. The predicted molar refractivity (Wildman–Crippen MR) is 71.6 cm³/mol. The normalized spacial score (nSPS) is 12.5. The summed E-state index contributed by atoms with van der Waals surface area (Å²) in [6, 6.07) is 1.84. The summed E-state index contributed by atoms with van der Waals surface area (Å²) in [5, 5.41) is 9.55. The minimum atomic E-state index is -0.654. The molecule has 1 unspecified atom stereocenters. The van der Waals surface area contributed by atoms with Crippen molar-refractivity contribution in [3.8, 4) is 0 Å². The van der Waals surface area contributed by atoms with Gasteiger partial charge in [0.1, 0.15) is 0 Å². The number of halogens is 1. The van der Waals surface area contributed by atoms with E-state index < -0.39 is 6.10 Å². The Balaban J connectivity index is 2.63. The number of likely N-dealkylation sites (N-methyl/N-ethyl adjacent to an activating group) is 1. The van der Waals surface area contributed by atoms with Crippen LogP contribution in [-0.2, 0) is 4.74 Å². The number of carbonyl (C=O) groups excluding carboxylic acids is 1. The van der Waals surface area contributed by atoms with Gasteiger partial charge >= 0.3 is 0 Å². The lowest BCUT2D eigenvalue weighted by molar-refractivity contribution is 0.0382. The Morgan fingerprint density at radius 1 is 1.71 bits per heavy atom. The first-order valence-electron chi connectivity index (χ1n) is 5.14. The molecular weight excluding hydrogens is 306 g/mol. The van der Waals surface area contributed by atoms with E-state index in [0.717, 1.165) is 9.35 Å². The van der Waals surface area contributed by atoms with Crippen LogP contribution in [-0.4, -0.2) is 49.3 Å². The zero-order valence-corrected chi connectivity index (χ0v) is 12.5. The van der Waals surface area contributed by atoms with Gasteiger partial charge in [0.05, 0.1) is 21.4 Å². The lowest BCUT2D eigenvalue weighted by atomic mass is 10.3. The molecule has 0 aliphatic heterocycles. The van der Waals surface area contributed by atoms with E-state index in [4.69, 9.17) is 4.74 Å². The fourth-order valence-corrected chi connectivity index (χ4v) is 2.93. The van der Waals surface area contributed by atoms with Crippen molar-refractivity contribution in [1.82, 2.24) is 4.90 Å². The number of methoxy groups -OCH3 is 1. The zero-order chi connectivity index (χ0) is 13.0. The van der Waals surface area contributed by atoms with E-state index in [0.29, 0.717) is 4.88 Å². The number of carbonyl (C=O) groups is 1. The van der Waals surface area contributed by atoms with Gasteiger partial charge < -0.3 is 14.7 Å². The molecule has 0 saturated heterocycles. The van der Waals surface area contributed by atoms with Crippen molar-refractivity contribution < 1.29 is 14.6 Å². The molecule has 1 N–H and O–H groups in total. The summed E-state index contributed by atoms with van der Waals surface area (Å²) in [4.78, 5) is 14.2. The van der Waals surface area contributed by atoms with E-state index in [1.165, 1.54) is 23.3 Å². The van der Waals surface area contributed by atoms with Crippen molar-refractivity contribution in [3.05, 3.63) is 20.3 Å². The van der Waals surface area contributed by atoms with E-state index in [-0.39, 0.29) is 19.1 Å². The third-order valence-electron chi connectivity index (χ3n) is 2.26. The van der Waals surface area contributed by atoms with Crippen LogP contribution < -0.4 is 0 Å². The minimum Gasteiger partial charge on any atom is -0.389 e. The van der Waals surface area contributed by atoms with E-state index in [1.54, 1.807) is 7.05 Å². The summed E-state index contributed by atoms with van der Waals surface area (Å²) in [6.07, 6.45) is -0.654. The topological polar surface area (TPSA) is 49.8 Å². The van der Waals surface area contributed by atoms with E-state index >= 15 is 0 Å². The Hall–Kier alpha value is -0.430. The summed E-state index contributed by atoms with van der Waals surface area (Å²) in [6.45, 7) is 2.43. The fourth-order valence-electron chi connectivity index (χ4n) is 1.40. The number of hydrogen-bond donors (Lipinski definition) is 1. The molecule has 0 aliphatic rings. The highest BCUT2D eigenvalue weighted by atomic mass is 79.9. The maximum Gasteiger partial charge on any atom is 0.263 e. The van der Waals surface area contributed by atoms with Crippen LogP contribution in [0, 0.1) is 6.92 Å². The minimum absolute atomic E-state index is 0.0843. The molecule has 0 radical (unpaired) electrons. The van der Waals surface area contributed by atoms with Crippen molar-refractivity contribution in [3.63, 3.8) is 0 Å². The third-order valence-corrected chi connectivity index (χ3v) is 4.38. The second kappa shape index (κ2) is 6.49. The Morgan fingerprint density at radius 3 is 2.82 bits per heavy atom. The molecule has 6 heteroatoms. The van der Waals surface area contributed by atoms with Crippen LogP contribution in [0.15, 0.2) is 9.85 Å². The van der Waals surface area contributed by atoms with Gasteiger partial charge in [-0.25, -0.2) is 0 Å². The SMILES string of the molecule is COCC(O)CN(C)C(=O)c1cc(C)c(Br)s1. The van der Waals surface area contributed by atoms with Crippen LogP contribution in [0.1, 0.15) is 15.2 Å². The molecule has 0 aromatic carbocycles. The summed E-state index contributed by atoms with van der Waals surface area (Å²) >= 11 is 4.79. The monoisotopic (exact) mass is 321 g/mol. The van der Waals surface area contributed by atoms with Crippen molar-refractivity contribution in [2.45, 2.75) is 13.0 Å². The quantitative estimate of drug-likeness (QED) is 0.901. The van der Waals surface area contributed by atoms with Crippen LogP contribution in [0.2, 0.25) is 0 Å². The van der Waals surface area contributed by atoms with E-state index in [9.17, 15) is 9.90 Å². The number of thiophene rings is 1. The van der Waals surface area contributed by atoms with Gasteiger partial charge in [-0.2, -0.15) is 0 Å². The molecule has 0 aliphatic carbocycles. The van der Waals surface area contributed by atoms with Crippen LogP contribution >= 0.6 is 27.3 Å². The highest BCUT2D eigenvalue weighted by molar-refractivity contribution is 9.11. The van der Waals surface area contributed by atoms with Crippen molar-refractivity contribution in [2.75, 3.05) is 27.3 Å². The van der Waals surface area contributed by atoms with Crippen molar-refractivity contribution >= 4 is 33.2 Å². The van der Waals surface area contributed by atoms with Gasteiger partial charge in [0, 0.05) is 20.7 Å². The summed E-state index contributed by atoms with van der Waals surface area (Å²) in [7, 11) is 3.19. The van der Waals surface area contributed by atoms with Gasteiger partial charge in [-0.3, -0.25) is 4.79 Å². The molecule has 0 bridgehead atoms. The average molecular weight is 322 g/mol. The van der Waals surface area contributed by atoms with Gasteiger partial charge in [-0.15, -0.1) is 11.3 Å².